The first-order valence-electron chi connectivity index (χ1n) is 12.5. The molecule has 1 aliphatic carbocycles. The predicted molar refractivity (Wildman–Crippen MR) is 138 cm³/mol. The van der Waals surface area contributed by atoms with Crippen molar-refractivity contribution in [3.63, 3.8) is 0 Å². The molecule has 0 radical (unpaired) electrons. The van der Waals surface area contributed by atoms with Crippen molar-refractivity contribution >= 4 is 23.2 Å². The standard InChI is InChI=1S/C30H31N3O2/c31-29-26(19-22-12-9-17-25(18-22)32-27(34)20-21-10-7-8-11-21)28(35)30(33-29,23-13-3-1-4-14-23)24-15-5-2-6-16-24/h1-6,9,12-18,21,26H,7-8,10-11,19-20H2,(H2,31,33)(H,32,34). The lowest BCUT2D eigenvalue weighted by molar-refractivity contribution is -0.124. The van der Waals surface area contributed by atoms with Gasteiger partial charge in [-0.1, -0.05) is 85.6 Å². The minimum Gasteiger partial charge on any atom is -0.354 e. The van der Waals surface area contributed by atoms with Gasteiger partial charge in [0.25, 0.3) is 0 Å². The fraction of sp³-hybridized carbons (Fsp3) is 0.300. The number of Topliss-reactive ketones (excluding diaryl/α,β-unsaturated/α-hetero) is 1. The highest BCUT2D eigenvalue weighted by molar-refractivity contribution is 6.16. The van der Waals surface area contributed by atoms with Crippen LogP contribution in [0.3, 0.4) is 0 Å². The zero-order chi connectivity index (χ0) is 24.3. The summed E-state index contributed by atoms with van der Waals surface area (Å²) < 4.78 is 0. The lowest BCUT2D eigenvalue weighted by atomic mass is 9.77. The zero-order valence-corrected chi connectivity index (χ0v) is 19.8. The van der Waals surface area contributed by atoms with E-state index in [4.69, 9.17) is 5.41 Å². The molecule has 3 aromatic rings. The highest BCUT2D eigenvalue weighted by Crippen LogP contribution is 2.39. The molecule has 1 unspecified atom stereocenters. The normalized spacial score (nSPS) is 19.5. The summed E-state index contributed by atoms with van der Waals surface area (Å²) in [6, 6.07) is 27.0. The summed E-state index contributed by atoms with van der Waals surface area (Å²) in [6.45, 7) is 0. The van der Waals surface area contributed by atoms with Crippen molar-refractivity contribution < 1.29 is 9.59 Å². The first-order chi connectivity index (χ1) is 17.1. The van der Waals surface area contributed by atoms with E-state index >= 15 is 0 Å². The summed E-state index contributed by atoms with van der Waals surface area (Å²) in [5, 5.41) is 15.0. The molecular weight excluding hydrogens is 434 g/mol. The Hall–Kier alpha value is -3.73. The second-order valence-electron chi connectivity index (χ2n) is 9.74. The molecule has 3 N–H and O–H groups in total. The van der Waals surface area contributed by atoms with E-state index in [0.717, 1.165) is 35.2 Å². The Morgan fingerprint density at radius 2 is 1.54 bits per heavy atom. The molecule has 0 spiro atoms. The highest BCUT2D eigenvalue weighted by Gasteiger charge is 2.52. The Balaban J connectivity index is 1.37. The van der Waals surface area contributed by atoms with E-state index in [1.165, 1.54) is 12.8 Å². The van der Waals surface area contributed by atoms with Crippen molar-refractivity contribution in [2.75, 3.05) is 5.32 Å². The van der Waals surface area contributed by atoms with Crippen LogP contribution in [0.5, 0.6) is 0 Å². The van der Waals surface area contributed by atoms with Crippen LogP contribution in [0.25, 0.3) is 0 Å². The van der Waals surface area contributed by atoms with E-state index in [9.17, 15) is 9.59 Å². The number of benzene rings is 3. The molecule has 1 amide bonds. The topological polar surface area (TPSA) is 82.1 Å². The van der Waals surface area contributed by atoms with E-state index in [-0.39, 0.29) is 17.5 Å². The average molecular weight is 466 g/mol. The monoisotopic (exact) mass is 465 g/mol. The lowest BCUT2D eigenvalue weighted by Crippen LogP contribution is -2.44. The van der Waals surface area contributed by atoms with Crippen molar-refractivity contribution in [3.05, 3.63) is 102 Å². The summed E-state index contributed by atoms with van der Waals surface area (Å²) in [6.07, 6.45) is 5.68. The molecule has 1 aliphatic heterocycles. The minimum atomic E-state index is -1.09. The van der Waals surface area contributed by atoms with Crippen molar-refractivity contribution in [2.45, 2.75) is 44.1 Å². The van der Waals surface area contributed by atoms with Gasteiger partial charge >= 0.3 is 0 Å². The second kappa shape index (κ2) is 9.87. The molecule has 5 rings (SSSR count). The van der Waals surface area contributed by atoms with Crippen LogP contribution >= 0.6 is 0 Å². The highest BCUT2D eigenvalue weighted by atomic mass is 16.1. The molecule has 1 heterocycles. The van der Waals surface area contributed by atoms with Gasteiger partial charge in [0.05, 0.1) is 5.92 Å². The van der Waals surface area contributed by atoms with Crippen LogP contribution in [0.2, 0.25) is 0 Å². The van der Waals surface area contributed by atoms with Crippen LogP contribution in [0.1, 0.15) is 48.8 Å². The fourth-order valence-corrected chi connectivity index (χ4v) is 5.61. The first kappa shape index (κ1) is 23.0. The maximum absolute atomic E-state index is 14.0. The number of ketones is 1. The Kier molecular flexibility index (Phi) is 6.49. The Bertz CT molecular complexity index is 1180. The van der Waals surface area contributed by atoms with Gasteiger partial charge in [-0.25, -0.2) is 0 Å². The van der Waals surface area contributed by atoms with Gasteiger partial charge in [-0.3, -0.25) is 15.0 Å². The molecule has 3 aromatic carbocycles. The molecule has 2 fully saturated rings. The van der Waals surface area contributed by atoms with Crippen LogP contribution in [0, 0.1) is 17.2 Å². The van der Waals surface area contributed by atoms with Crippen molar-refractivity contribution in [1.29, 1.82) is 5.41 Å². The summed E-state index contributed by atoms with van der Waals surface area (Å²) in [5.74, 6) is 0.131. The molecule has 1 atom stereocenters. The number of nitrogens with one attached hydrogen (secondary N) is 3. The summed E-state index contributed by atoms with van der Waals surface area (Å²) in [4.78, 5) is 26.5. The predicted octanol–water partition coefficient (Wildman–Crippen LogP) is 5.46. The van der Waals surface area contributed by atoms with E-state index in [0.29, 0.717) is 18.8 Å². The minimum absolute atomic E-state index is 0.0319. The third-order valence-corrected chi connectivity index (χ3v) is 7.37. The third-order valence-electron chi connectivity index (χ3n) is 7.37. The summed E-state index contributed by atoms with van der Waals surface area (Å²) >= 11 is 0. The largest absolute Gasteiger partial charge is 0.354 e. The third kappa shape index (κ3) is 4.63. The van der Waals surface area contributed by atoms with Gasteiger partial charge in [0.1, 0.15) is 11.4 Å². The Morgan fingerprint density at radius 1 is 0.914 bits per heavy atom. The van der Waals surface area contributed by atoms with Gasteiger partial charge in [-0.05, 0) is 54.0 Å². The van der Waals surface area contributed by atoms with Gasteiger partial charge in [0, 0.05) is 12.1 Å². The van der Waals surface area contributed by atoms with Gasteiger partial charge in [-0.2, -0.15) is 0 Å². The van der Waals surface area contributed by atoms with Crippen molar-refractivity contribution in [1.82, 2.24) is 5.32 Å². The Labute approximate surface area is 206 Å². The van der Waals surface area contributed by atoms with Crippen molar-refractivity contribution in [2.24, 2.45) is 11.8 Å². The molecule has 35 heavy (non-hydrogen) atoms. The maximum atomic E-state index is 14.0. The maximum Gasteiger partial charge on any atom is 0.224 e. The first-order valence-corrected chi connectivity index (χ1v) is 12.5. The number of amidine groups is 1. The number of amides is 1. The molecule has 178 valence electrons. The molecule has 5 nitrogen and oxygen atoms in total. The number of carbonyl (C=O) groups is 2. The number of rotatable bonds is 7. The van der Waals surface area contributed by atoms with Gasteiger partial charge in [0.2, 0.25) is 5.91 Å². The number of anilines is 1. The molecular formula is C30H31N3O2. The lowest BCUT2D eigenvalue weighted by Gasteiger charge is -2.29. The molecule has 1 saturated carbocycles. The van der Waals surface area contributed by atoms with Crippen molar-refractivity contribution in [3.8, 4) is 0 Å². The summed E-state index contributed by atoms with van der Waals surface area (Å²) in [7, 11) is 0. The summed E-state index contributed by atoms with van der Waals surface area (Å²) in [5.41, 5.74) is 2.24. The van der Waals surface area contributed by atoms with Crippen LogP contribution < -0.4 is 10.6 Å². The molecule has 1 saturated heterocycles. The van der Waals surface area contributed by atoms with E-state index in [1.807, 2.05) is 84.9 Å². The quantitative estimate of drug-likeness (QED) is 0.433. The SMILES string of the molecule is N=C1NC(c2ccccc2)(c2ccccc2)C(=O)C1Cc1cccc(NC(=O)CC2CCCC2)c1. The molecule has 0 bridgehead atoms. The average Bonchev–Trinajstić information content (AvgIpc) is 3.47. The number of carbonyl (C=O) groups excluding carboxylic acids is 2. The molecule has 5 heteroatoms. The molecule has 0 aromatic heterocycles. The Morgan fingerprint density at radius 3 is 2.17 bits per heavy atom. The van der Waals surface area contributed by atoms with Crippen LogP contribution in [-0.2, 0) is 21.5 Å². The smallest absolute Gasteiger partial charge is 0.224 e. The van der Waals surface area contributed by atoms with Gasteiger partial charge < -0.3 is 10.6 Å². The van der Waals surface area contributed by atoms with Crippen LogP contribution in [-0.4, -0.2) is 17.5 Å². The molecule has 2 aliphatic rings. The fourth-order valence-electron chi connectivity index (χ4n) is 5.61. The van der Waals surface area contributed by atoms with Gasteiger partial charge in [0.15, 0.2) is 5.78 Å². The van der Waals surface area contributed by atoms with Crippen LogP contribution in [0.15, 0.2) is 84.9 Å². The van der Waals surface area contributed by atoms with E-state index in [2.05, 4.69) is 10.6 Å². The van der Waals surface area contributed by atoms with E-state index < -0.39 is 11.5 Å². The van der Waals surface area contributed by atoms with Crippen LogP contribution in [0.4, 0.5) is 5.69 Å². The van der Waals surface area contributed by atoms with E-state index in [1.54, 1.807) is 0 Å². The number of hydrogen-bond acceptors (Lipinski definition) is 3. The van der Waals surface area contributed by atoms with Gasteiger partial charge in [-0.15, -0.1) is 0 Å². The zero-order valence-electron chi connectivity index (χ0n) is 19.8. The second-order valence-corrected chi connectivity index (χ2v) is 9.74. The number of hydrogen-bond donors (Lipinski definition) is 3.